The summed E-state index contributed by atoms with van der Waals surface area (Å²) in [6, 6.07) is 7.46. The van der Waals surface area contributed by atoms with Crippen LogP contribution in [-0.4, -0.2) is 12.6 Å². The smallest absolute Gasteiger partial charge is 0.0404 e. The molecule has 1 heteroatoms. The molecule has 0 aliphatic carbocycles. The molecule has 0 spiro atoms. The Morgan fingerprint density at radius 1 is 1.31 bits per heavy atom. The van der Waals surface area contributed by atoms with Gasteiger partial charge in [0.1, 0.15) is 0 Å². The fraction of sp³-hybridized carbons (Fsp3) is 0.600. The molecule has 0 unspecified atom stereocenters. The van der Waals surface area contributed by atoms with Gasteiger partial charge in [-0.3, -0.25) is 0 Å². The number of fused-ring (bicyclic) bond motifs is 1. The number of unbranched alkanes of at least 4 members (excludes halogenated alkanes) is 1. The van der Waals surface area contributed by atoms with Crippen molar-refractivity contribution in [3.05, 3.63) is 29.3 Å². The molecule has 1 aromatic rings. The molecule has 1 aliphatic rings. The van der Waals surface area contributed by atoms with Crippen LogP contribution in [0.3, 0.4) is 0 Å². The van der Waals surface area contributed by atoms with Crippen LogP contribution in [0, 0.1) is 0 Å². The van der Waals surface area contributed by atoms with Gasteiger partial charge in [-0.25, -0.2) is 0 Å². The van der Waals surface area contributed by atoms with Crippen LogP contribution in [0.2, 0.25) is 0 Å². The summed E-state index contributed by atoms with van der Waals surface area (Å²) in [6.07, 6.45) is 5.11. The zero-order valence-corrected chi connectivity index (χ0v) is 10.8. The lowest BCUT2D eigenvalue weighted by Crippen LogP contribution is -2.28. The Hall–Kier alpha value is -0.980. The van der Waals surface area contributed by atoms with E-state index in [2.05, 4.69) is 43.9 Å². The quantitative estimate of drug-likeness (QED) is 0.741. The van der Waals surface area contributed by atoms with E-state index in [9.17, 15) is 0 Å². The van der Waals surface area contributed by atoms with E-state index in [1.54, 1.807) is 11.1 Å². The number of hydrogen-bond donors (Lipinski definition) is 0. The highest BCUT2D eigenvalue weighted by Crippen LogP contribution is 2.32. The molecule has 0 N–H and O–H groups in total. The molecule has 0 bridgehead atoms. The normalized spacial score (nSPS) is 14.6. The van der Waals surface area contributed by atoms with Crippen molar-refractivity contribution in [2.45, 2.75) is 52.5 Å². The Balaban J connectivity index is 2.25. The molecule has 1 aliphatic heterocycles. The first-order chi connectivity index (χ1) is 7.74. The maximum absolute atomic E-state index is 2.53. The van der Waals surface area contributed by atoms with E-state index in [4.69, 9.17) is 0 Å². The van der Waals surface area contributed by atoms with Crippen molar-refractivity contribution in [2.24, 2.45) is 0 Å². The zero-order valence-electron chi connectivity index (χ0n) is 10.8. The summed E-state index contributed by atoms with van der Waals surface area (Å²) in [5.41, 5.74) is 4.69. The minimum absolute atomic E-state index is 0.627. The molecule has 1 aromatic carbocycles. The number of benzene rings is 1. The first-order valence-corrected chi connectivity index (χ1v) is 6.61. The predicted molar refractivity (Wildman–Crippen MR) is 71.2 cm³/mol. The molecule has 2 rings (SSSR count). The van der Waals surface area contributed by atoms with Gasteiger partial charge < -0.3 is 4.90 Å². The molecule has 0 saturated heterocycles. The third-order valence-electron chi connectivity index (χ3n) is 3.58. The Morgan fingerprint density at radius 2 is 2.12 bits per heavy atom. The maximum atomic E-state index is 2.53. The minimum Gasteiger partial charge on any atom is -0.369 e. The van der Waals surface area contributed by atoms with E-state index >= 15 is 0 Å². The number of rotatable bonds is 4. The van der Waals surface area contributed by atoms with Crippen LogP contribution in [0.25, 0.3) is 0 Å². The van der Waals surface area contributed by atoms with E-state index in [-0.39, 0.29) is 0 Å². The third-order valence-corrected chi connectivity index (χ3v) is 3.58. The second-order valence-electron chi connectivity index (χ2n) is 5.06. The highest BCUT2D eigenvalue weighted by Gasteiger charge is 2.22. The van der Waals surface area contributed by atoms with Crippen molar-refractivity contribution >= 4 is 5.69 Å². The first kappa shape index (κ1) is 11.5. The van der Waals surface area contributed by atoms with Crippen LogP contribution in [0.1, 0.15) is 44.7 Å². The van der Waals surface area contributed by atoms with Gasteiger partial charge in [0.15, 0.2) is 0 Å². The summed E-state index contributed by atoms with van der Waals surface area (Å²) in [6.45, 7) is 8.04. The average Bonchev–Trinajstić information content (AvgIpc) is 2.70. The van der Waals surface area contributed by atoms with Gasteiger partial charge in [-0.15, -0.1) is 0 Å². The highest BCUT2D eigenvalue weighted by molar-refractivity contribution is 5.61. The van der Waals surface area contributed by atoms with E-state index in [1.165, 1.54) is 37.9 Å². The largest absolute Gasteiger partial charge is 0.369 e. The van der Waals surface area contributed by atoms with Gasteiger partial charge in [-0.2, -0.15) is 0 Å². The Kier molecular flexibility index (Phi) is 3.52. The van der Waals surface area contributed by atoms with Crippen molar-refractivity contribution in [1.29, 1.82) is 0 Å². The monoisotopic (exact) mass is 217 g/mol. The van der Waals surface area contributed by atoms with E-state index in [1.807, 2.05) is 0 Å². The van der Waals surface area contributed by atoms with Crippen molar-refractivity contribution in [2.75, 3.05) is 11.4 Å². The number of nitrogens with zero attached hydrogens (tertiary/aromatic N) is 1. The fourth-order valence-electron chi connectivity index (χ4n) is 2.67. The second-order valence-corrected chi connectivity index (χ2v) is 5.06. The summed E-state index contributed by atoms with van der Waals surface area (Å²) < 4.78 is 0. The molecule has 1 heterocycles. The second kappa shape index (κ2) is 4.90. The number of anilines is 1. The van der Waals surface area contributed by atoms with Crippen molar-refractivity contribution < 1.29 is 0 Å². The van der Waals surface area contributed by atoms with Crippen LogP contribution < -0.4 is 4.90 Å². The molecular formula is C15H23N. The van der Waals surface area contributed by atoms with Crippen LogP contribution in [0.5, 0.6) is 0 Å². The summed E-state index contributed by atoms with van der Waals surface area (Å²) in [7, 11) is 0. The van der Waals surface area contributed by atoms with Gasteiger partial charge in [-0.1, -0.05) is 25.5 Å². The number of aryl methyl sites for hydroxylation is 1. The lowest BCUT2D eigenvalue weighted by molar-refractivity contribution is 0.710. The number of hydrogen-bond acceptors (Lipinski definition) is 1. The molecule has 0 amide bonds. The van der Waals surface area contributed by atoms with Gasteiger partial charge in [0.25, 0.3) is 0 Å². The molecule has 0 atom stereocenters. The summed E-state index contributed by atoms with van der Waals surface area (Å²) in [5.74, 6) is 0. The molecule has 16 heavy (non-hydrogen) atoms. The Bertz CT molecular complexity index is 354. The summed E-state index contributed by atoms with van der Waals surface area (Å²) in [4.78, 5) is 2.53. The lowest BCUT2D eigenvalue weighted by atomic mass is 10.00. The standard InChI is InChI=1S/C15H23N/c1-4-5-7-13-8-6-9-15-14(13)10-11-16(15)12(2)3/h6,8-9,12H,4-5,7,10-11H2,1-3H3. The van der Waals surface area contributed by atoms with Crippen LogP contribution in [0.4, 0.5) is 5.69 Å². The first-order valence-electron chi connectivity index (χ1n) is 6.61. The van der Waals surface area contributed by atoms with Crippen molar-refractivity contribution in [3.8, 4) is 0 Å². The minimum atomic E-state index is 0.627. The molecule has 0 fully saturated rings. The van der Waals surface area contributed by atoms with Gasteiger partial charge in [0.05, 0.1) is 0 Å². The molecule has 0 aromatic heterocycles. The highest BCUT2D eigenvalue weighted by atomic mass is 15.2. The van der Waals surface area contributed by atoms with Gasteiger partial charge in [0.2, 0.25) is 0 Å². The molecule has 0 saturated carbocycles. The third kappa shape index (κ3) is 2.09. The van der Waals surface area contributed by atoms with Crippen molar-refractivity contribution in [1.82, 2.24) is 0 Å². The van der Waals surface area contributed by atoms with Gasteiger partial charge >= 0.3 is 0 Å². The van der Waals surface area contributed by atoms with Crippen LogP contribution in [0.15, 0.2) is 18.2 Å². The van der Waals surface area contributed by atoms with E-state index in [0.29, 0.717) is 6.04 Å². The summed E-state index contributed by atoms with van der Waals surface area (Å²) >= 11 is 0. The predicted octanol–water partition coefficient (Wildman–Crippen LogP) is 3.80. The SMILES string of the molecule is CCCCc1cccc2c1CCN2C(C)C. The summed E-state index contributed by atoms with van der Waals surface area (Å²) in [5, 5.41) is 0. The average molecular weight is 217 g/mol. The topological polar surface area (TPSA) is 3.24 Å². The maximum Gasteiger partial charge on any atom is 0.0404 e. The Morgan fingerprint density at radius 3 is 2.81 bits per heavy atom. The van der Waals surface area contributed by atoms with Gasteiger partial charge in [-0.05, 0) is 50.3 Å². The van der Waals surface area contributed by atoms with E-state index < -0.39 is 0 Å². The van der Waals surface area contributed by atoms with Crippen molar-refractivity contribution in [3.63, 3.8) is 0 Å². The van der Waals surface area contributed by atoms with Gasteiger partial charge in [0, 0.05) is 18.3 Å². The molecule has 88 valence electrons. The lowest BCUT2D eigenvalue weighted by Gasteiger charge is -2.24. The molecule has 0 radical (unpaired) electrons. The van der Waals surface area contributed by atoms with E-state index in [0.717, 1.165) is 0 Å². The Labute approximate surface area is 99.5 Å². The zero-order chi connectivity index (χ0) is 11.5. The molecular weight excluding hydrogens is 194 g/mol. The van der Waals surface area contributed by atoms with Crippen LogP contribution >= 0.6 is 0 Å². The fourth-order valence-corrected chi connectivity index (χ4v) is 2.67. The van der Waals surface area contributed by atoms with Crippen LogP contribution in [-0.2, 0) is 12.8 Å². The molecule has 1 nitrogen and oxygen atoms in total.